The Balaban J connectivity index is 1.80. The second kappa shape index (κ2) is 8.43. The van der Waals surface area contributed by atoms with Gasteiger partial charge in [-0.05, 0) is 30.3 Å². The topological polar surface area (TPSA) is 68.7 Å². The van der Waals surface area contributed by atoms with Crippen LogP contribution in [0, 0.1) is 5.82 Å². The van der Waals surface area contributed by atoms with E-state index in [0.29, 0.717) is 42.3 Å². The molecule has 1 aliphatic rings. The number of carbonyl (C=O) groups is 1. The molecule has 0 unspecified atom stereocenters. The third-order valence-corrected chi connectivity index (χ3v) is 5.85. The van der Waals surface area contributed by atoms with Crippen molar-refractivity contribution in [3.63, 3.8) is 0 Å². The van der Waals surface area contributed by atoms with E-state index in [9.17, 15) is 14.3 Å². The van der Waals surface area contributed by atoms with Gasteiger partial charge in [0.25, 0.3) is 0 Å². The molecule has 1 aromatic heterocycles. The van der Waals surface area contributed by atoms with Gasteiger partial charge in [-0.15, -0.1) is 0 Å². The van der Waals surface area contributed by atoms with E-state index in [4.69, 9.17) is 11.6 Å². The highest BCUT2D eigenvalue weighted by Crippen LogP contribution is 2.42. The van der Waals surface area contributed by atoms with Gasteiger partial charge < -0.3 is 20.2 Å². The number of rotatable bonds is 4. The molecule has 0 saturated carbocycles. The first kappa shape index (κ1) is 20.9. The fourth-order valence-electron chi connectivity index (χ4n) is 3.97. The summed E-state index contributed by atoms with van der Waals surface area (Å²) in [6.07, 6.45) is 3.05. The van der Waals surface area contributed by atoms with Gasteiger partial charge in [-0.3, -0.25) is 9.78 Å². The Morgan fingerprint density at radius 2 is 2.03 bits per heavy atom. The van der Waals surface area contributed by atoms with Gasteiger partial charge in [-0.25, -0.2) is 4.39 Å². The lowest BCUT2D eigenvalue weighted by atomic mass is 10.0. The summed E-state index contributed by atoms with van der Waals surface area (Å²) in [7, 11) is 1.82. The highest BCUT2D eigenvalue weighted by atomic mass is 35.5. The van der Waals surface area contributed by atoms with Gasteiger partial charge in [-0.2, -0.15) is 0 Å². The summed E-state index contributed by atoms with van der Waals surface area (Å²) >= 11 is 6.56. The zero-order valence-electron chi connectivity index (χ0n) is 17.0. The number of halogens is 2. The Bertz CT molecular complexity index is 1160. The fraction of sp³-hybridized carbons (Fsp3) is 0.217. The van der Waals surface area contributed by atoms with Gasteiger partial charge in [-0.1, -0.05) is 24.2 Å². The number of phenols is 1. The molecule has 160 valence electrons. The molecule has 0 radical (unpaired) electrons. The number of carbonyl (C=O) groups excluding carboxylic acids is 1. The van der Waals surface area contributed by atoms with Crippen molar-refractivity contribution in [2.45, 2.75) is 0 Å². The van der Waals surface area contributed by atoms with E-state index < -0.39 is 5.82 Å². The highest BCUT2D eigenvalue weighted by molar-refractivity contribution is 6.34. The Kier molecular flexibility index (Phi) is 5.69. The predicted molar refractivity (Wildman–Crippen MR) is 122 cm³/mol. The number of benzene rings is 2. The maximum atomic E-state index is 14.4. The van der Waals surface area contributed by atoms with E-state index in [0.717, 1.165) is 16.8 Å². The quantitative estimate of drug-likeness (QED) is 0.593. The molecule has 8 heteroatoms. The second-order valence-corrected chi connectivity index (χ2v) is 7.68. The third-order valence-electron chi connectivity index (χ3n) is 5.54. The summed E-state index contributed by atoms with van der Waals surface area (Å²) in [6, 6.07) is 7.59. The summed E-state index contributed by atoms with van der Waals surface area (Å²) < 4.78 is 14.4. The van der Waals surface area contributed by atoms with Crippen LogP contribution in [0.5, 0.6) is 5.75 Å². The second-order valence-electron chi connectivity index (χ2n) is 7.27. The van der Waals surface area contributed by atoms with Crippen LogP contribution in [0.3, 0.4) is 0 Å². The largest absolute Gasteiger partial charge is 0.507 e. The summed E-state index contributed by atoms with van der Waals surface area (Å²) in [5.41, 5.74) is 2.80. The van der Waals surface area contributed by atoms with Crippen molar-refractivity contribution in [3.05, 3.63) is 60.0 Å². The highest BCUT2D eigenvalue weighted by Gasteiger charge is 2.24. The first-order valence-electron chi connectivity index (χ1n) is 9.88. The smallest absolute Gasteiger partial charge is 0.246 e. The number of nitrogens with zero attached hydrogens (tertiary/aromatic N) is 3. The molecule has 6 nitrogen and oxygen atoms in total. The van der Waals surface area contributed by atoms with Crippen molar-refractivity contribution in [1.82, 2.24) is 9.88 Å². The summed E-state index contributed by atoms with van der Waals surface area (Å²) in [5.74, 6) is -0.821. The minimum Gasteiger partial charge on any atom is -0.507 e. The predicted octanol–water partition coefficient (Wildman–Crippen LogP) is 4.28. The van der Waals surface area contributed by atoms with Crippen LogP contribution in [-0.4, -0.2) is 54.1 Å². The van der Waals surface area contributed by atoms with Crippen LogP contribution < -0.4 is 10.2 Å². The number of fused-ring (bicyclic) bond motifs is 1. The number of amides is 1. The first-order valence-corrected chi connectivity index (χ1v) is 10.3. The lowest BCUT2D eigenvalue weighted by Gasteiger charge is -2.37. The lowest BCUT2D eigenvalue weighted by Crippen LogP contribution is -2.48. The third kappa shape index (κ3) is 3.77. The molecular formula is C23H22ClFN4O2. The Hall–Kier alpha value is -3.32. The number of piperazine rings is 1. The monoisotopic (exact) mass is 440 g/mol. The molecule has 0 bridgehead atoms. The maximum absolute atomic E-state index is 14.4. The van der Waals surface area contributed by atoms with Crippen LogP contribution in [0.4, 0.5) is 15.8 Å². The molecular weight excluding hydrogens is 419 g/mol. The number of hydrogen-bond acceptors (Lipinski definition) is 5. The molecule has 1 fully saturated rings. The molecule has 31 heavy (non-hydrogen) atoms. The maximum Gasteiger partial charge on any atom is 0.246 e. The van der Waals surface area contributed by atoms with Gasteiger partial charge in [0.15, 0.2) is 0 Å². The molecule has 0 spiro atoms. The Morgan fingerprint density at radius 3 is 2.68 bits per heavy atom. The van der Waals surface area contributed by atoms with Crippen molar-refractivity contribution in [1.29, 1.82) is 0 Å². The number of nitrogens with one attached hydrogen (secondary N) is 1. The fourth-order valence-corrected chi connectivity index (χ4v) is 4.23. The van der Waals surface area contributed by atoms with Crippen LogP contribution in [0.15, 0.2) is 49.2 Å². The van der Waals surface area contributed by atoms with Gasteiger partial charge in [0.2, 0.25) is 5.91 Å². The van der Waals surface area contributed by atoms with Crippen molar-refractivity contribution in [2.24, 2.45) is 0 Å². The van der Waals surface area contributed by atoms with Gasteiger partial charge in [0.1, 0.15) is 11.6 Å². The molecule has 0 aliphatic carbocycles. The van der Waals surface area contributed by atoms with E-state index in [2.05, 4.69) is 21.8 Å². The van der Waals surface area contributed by atoms with Gasteiger partial charge >= 0.3 is 0 Å². The molecule has 1 amide bonds. The van der Waals surface area contributed by atoms with Crippen LogP contribution in [0.25, 0.3) is 22.0 Å². The normalized spacial score (nSPS) is 14.0. The Morgan fingerprint density at radius 1 is 1.29 bits per heavy atom. The molecule has 2 aromatic carbocycles. The average Bonchev–Trinajstić information content (AvgIpc) is 2.78. The average molecular weight is 441 g/mol. The van der Waals surface area contributed by atoms with E-state index in [1.54, 1.807) is 23.2 Å². The molecule has 2 heterocycles. The minimum atomic E-state index is -0.559. The molecule has 3 aromatic rings. The molecule has 1 saturated heterocycles. The SMILES string of the molecule is C=CC(=O)N1CCN(c2c(NC)cnc3cc(-c4c(O)cccc4F)c(Cl)cc23)CC1. The van der Waals surface area contributed by atoms with Crippen LogP contribution >= 0.6 is 11.6 Å². The number of phenolic OH excluding ortho intramolecular Hbond substituents is 1. The Labute approximate surface area is 184 Å². The van der Waals surface area contributed by atoms with Crippen LogP contribution in [0.2, 0.25) is 5.02 Å². The number of pyridine rings is 1. The van der Waals surface area contributed by atoms with Crippen molar-refractivity contribution < 1.29 is 14.3 Å². The van der Waals surface area contributed by atoms with Crippen molar-refractivity contribution in [3.8, 4) is 16.9 Å². The summed E-state index contributed by atoms with van der Waals surface area (Å²) in [4.78, 5) is 20.4. The van der Waals surface area contributed by atoms with E-state index in [1.807, 2.05) is 7.05 Å². The summed E-state index contributed by atoms with van der Waals surface area (Å²) in [5, 5.41) is 14.5. The molecule has 4 rings (SSSR count). The standard InChI is InChI=1S/C23H22ClFN4O2/c1-3-21(31)28-7-9-29(10-8-28)23-15-11-16(24)14(12-18(15)27-13-19(23)26-2)22-17(25)5-4-6-20(22)30/h3-6,11-13,26,30H,1,7-10H2,2H3. The van der Waals surface area contributed by atoms with Crippen LogP contribution in [0.1, 0.15) is 0 Å². The van der Waals surface area contributed by atoms with Crippen LogP contribution in [-0.2, 0) is 4.79 Å². The minimum absolute atomic E-state index is 0.0481. The number of aromatic hydroxyl groups is 1. The van der Waals surface area contributed by atoms with E-state index >= 15 is 0 Å². The molecule has 2 N–H and O–H groups in total. The molecule has 1 aliphatic heterocycles. The van der Waals surface area contributed by atoms with Gasteiger partial charge in [0.05, 0.1) is 28.7 Å². The number of hydrogen-bond donors (Lipinski definition) is 2. The zero-order chi connectivity index (χ0) is 22.1. The summed E-state index contributed by atoms with van der Waals surface area (Å²) in [6.45, 7) is 5.99. The van der Waals surface area contributed by atoms with E-state index in [-0.39, 0.29) is 17.2 Å². The number of anilines is 2. The van der Waals surface area contributed by atoms with E-state index in [1.165, 1.54) is 24.3 Å². The zero-order valence-corrected chi connectivity index (χ0v) is 17.8. The molecule has 0 atom stereocenters. The van der Waals surface area contributed by atoms with Crippen molar-refractivity contribution in [2.75, 3.05) is 43.4 Å². The first-order chi connectivity index (χ1) is 14.9. The number of aromatic nitrogens is 1. The van der Waals surface area contributed by atoms with Gasteiger partial charge in [0, 0.05) is 49.2 Å². The van der Waals surface area contributed by atoms with Crippen molar-refractivity contribution >= 4 is 39.8 Å². The lowest BCUT2D eigenvalue weighted by molar-refractivity contribution is -0.126.